The minimum atomic E-state index is 0.209. The molecule has 0 aliphatic carbocycles. The van der Waals surface area contributed by atoms with Gasteiger partial charge in [0.15, 0.2) is 0 Å². The first kappa shape index (κ1) is 11.9. The maximum absolute atomic E-state index is 8.81. The molecule has 1 aromatic rings. The van der Waals surface area contributed by atoms with Gasteiger partial charge >= 0.3 is 0 Å². The fourth-order valence-corrected chi connectivity index (χ4v) is 2.15. The van der Waals surface area contributed by atoms with Gasteiger partial charge in [-0.3, -0.25) is 0 Å². The molecule has 0 amide bonds. The van der Waals surface area contributed by atoms with E-state index in [0.29, 0.717) is 12.2 Å². The molecule has 2 rings (SSSR count). The van der Waals surface area contributed by atoms with Gasteiger partial charge in [-0.25, -0.2) is 0 Å². The van der Waals surface area contributed by atoms with Crippen molar-refractivity contribution in [2.24, 2.45) is 5.41 Å². The number of ether oxygens (including phenoxy) is 1. The minimum Gasteiger partial charge on any atom is -0.493 e. The van der Waals surface area contributed by atoms with Crippen LogP contribution in [0.3, 0.4) is 0 Å². The van der Waals surface area contributed by atoms with Crippen molar-refractivity contribution in [3.05, 3.63) is 29.8 Å². The third-order valence-electron chi connectivity index (χ3n) is 3.24. The third-order valence-corrected chi connectivity index (χ3v) is 3.24. The van der Waals surface area contributed by atoms with E-state index in [0.717, 1.165) is 18.8 Å². The highest BCUT2D eigenvalue weighted by Gasteiger charge is 2.27. The topological polar surface area (TPSA) is 45.0 Å². The van der Waals surface area contributed by atoms with E-state index in [9.17, 15) is 0 Å². The summed E-state index contributed by atoms with van der Waals surface area (Å²) in [7, 11) is 0. The zero-order chi connectivity index (χ0) is 12.1. The lowest BCUT2D eigenvalue weighted by molar-refractivity contribution is 0.129. The second-order valence-electron chi connectivity index (χ2n) is 5.02. The largest absolute Gasteiger partial charge is 0.493 e. The van der Waals surface area contributed by atoms with Gasteiger partial charge < -0.3 is 10.1 Å². The lowest BCUT2D eigenvalue weighted by atomic mass is 9.84. The number of hydrogen-bond acceptors (Lipinski definition) is 3. The number of hydrogen-bond donors (Lipinski definition) is 1. The Labute approximate surface area is 102 Å². The number of nitriles is 1. The van der Waals surface area contributed by atoms with E-state index in [1.165, 1.54) is 12.8 Å². The lowest BCUT2D eigenvalue weighted by Crippen LogP contribution is -2.41. The molecule has 0 radical (unpaired) electrons. The van der Waals surface area contributed by atoms with Crippen LogP contribution in [-0.4, -0.2) is 19.7 Å². The van der Waals surface area contributed by atoms with Gasteiger partial charge in [-0.1, -0.05) is 13.0 Å². The molecule has 0 bridgehead atoms. The number of piperidine rings is 1. The molecule has 0 saturated carbocycles. The van der Waals surface area contributed by atoms with Crippen molar-refractivity contribution in [1.29, 1.82) is 5.26 Å². The molecular formula is C14H18N2O. The summed E-state index contributed by atoms with van der Waals surface area (Å²) in [6, 6.07) is 9.46. The molecule has 17 heavy (non-hydrogen) atoms. The molecule has 3 nitrogen and oxygen atoms in total. The molecule has 0 aromatic heterocycles. The van der Waals surface area contributed by atoms with Crippen LogP contribution < -0.4 is 10.1 Å². The zero-order valence-electron chi connectivity index (χ0n) is 10.2. The summed E-state index contributed by atoms with van der Waals surface area (Å²) in [6.45, 7) is 5.06. The second-order valence-corrected chi connectivity index (χ2v) is 5.02. The van der Waals surface area contributed by atoms with Crippen LogP contribution in [0, 0.1) is 16.7 Å². The lowest BCUT2D eigenvalue weighted by Gasteiger charge is -2.33. The fraction of sp³-hybridized carbons (Fsp3) is 0.500. The van der Waals surface area contributed by atoms with E-state index in [2.05, 4.69) is 18.3 Å². The Kier molecular flexibility index (Phi) is 3.65. The Bertz CT molecular complexity index is 416. The maximum Gasteiger partial charge on any atom is 0.120 e. The zero-order valence-corrected chi connectivity index (χ0v) is 10.2. The SMILES string of the molecule is C[C@@]1(COc2cccc(C#N)c2)CCCNC1. The normalized spacial score (nSPS) is 24.0. The van der Waals surface area contributed by atoms with Crippen LogP contribution in [0.5, 0.6) is 5.75 Å². The Hall–Kier alpha value is -1.53. The van der Waals surface area contributed by atoms with Crippen LogP contribution in [0.25, 0.3) is 0 Å². The molecule has 1 saturated heterocycles. The smallest absolute Gasteiger partial charge is 0.120 e. The van der Waals surface area contributed by atoms with E-state index in [-0.39, 0.29) is 5.41 Å². The predicted octanol–water partition coefficient (Wildman–Crippen LogP) is 2.33. The number of nitrogens with zero attached hydrogens (tertiary/aromatic N) is 1. The standard InChI is InChI=1S/C14H18N2O/c1-14(6-3-7-16-10-14)11-17-13-5-2-4-12(8-13)9-15/h2,4-5,8,16H,3,6-7,10-11H2,1H3/t14-/m1/s1. The minimum absolute atomic E-state index is 0.209. The Balaban J connectivity index is 1.95. The quantitative estimate of drug-likeness (QED) is 0.866. The summed E-state index contributed by atoms with van der Waals surface area (Å²) < 4.78 is 5.80. The van der Waals surface area contributed by atoms with Crippen LogP contribution in [0.15, 0.2) is 24.3 Å². The molecule has 90 valence electrons. The molecule has 1 fully saturated rings. The van der Waals surface area contributed by atoms with Gasteiger partial charge in [0.2, 0.25) is 0 Å². The van der Waals surface area contributed by atoms with Crippen molar-refractivity contribution in [2.75, 3.05) is 19.7 Å². The molecule has 0 unspecified atom stereocenters. The maximum atomic E-state index is 8.81. The van der Waals surface area contributed by atoms with Crippen molar-refractivity contribution in [3.8, 4) is 11.8 Å². The van der Waals surface area contributed by atoms with Crippen molar-refractivity contribution >= 4 is 0 Å². The van der Waals surface area contributed by atoms with E-state index >= 15 is 0 Å². The average molecular weight is 230 g/mol. The summed E-state index contributed by atoms with van der Waals surface area (Å²) in [6.07, 6.45) is 2.40. The molecule has 1 aromatic carbocycles. The van der Waals surface area contributed by atoms with E-state index in [1.54, 1.807) is 12.1 Å². The van der Waals surface area contributed by atoms with Crippen molar-refractivity contribution in [3.63, 3.8) is 0 Å². The molecule has 1 aliphatic rings. The first-order chi connectivity index (χ1) is 8.22. The monoisotopic (exact) mass is 230 g/mol. The van der Waals surface area contributed by atoms with Gasteiger partial charge in [-0.05, 0) is 37.6 Å². The summed E-state index contributed by atoms with van der Waals surface area (Å²) >= 11 is 0. The first-order valence-electron chi connectivity index (χ1n) is 6.06. The molecule has 0 spiro atoms. The molecular weight excluding hydrogens is 212 g/mol. The number of benzene rings is 1. The van der Waals surface area contributed by atoms with Gasteiger partial charge in [0.05, 0.1) is 18.2 Å². The second kappa shape index (κ2) is 5.20. The van der Waals surface area contributed by atoms with Gasteiger partial charge in [0.1, 0.15) is 5.75 Å². The highest BCUT2D eigenvalue weighted by Crippen LogP contribution is 2.26. The van der Waals surface area contributed by atoms with Gasteiger partial charge in [0, 0.05) is 12.0 Å². The number of nitrogens with one attached hydrogen (secondary N) is 1. The van der Waals surface area contributed by atoms with Crippen LogP contribution in [0.2, 0.25) is 0 Å². The Morgan fingerprint density at radius 2 is 2.41 bits per heavy atom. The van der Waals surface area contributed by atoms with Crippen LogP contribution >= 0.6 is 0 Å². The van der Waals surface area contributed by atoms with Gasteiger partial charge in [0.25, 0.3) is 0 Å². The summed E-state index contributed by atoms with van der Waals surface area (Å²) in [5.41, 5.74) is 0.857. The highest BCUT2D eigenvalue weighted by atomic mass is 16.5. The first-order valence-corrected chi connectivity index (χ1v) is 6.06. The fourth-order valence-electron chi connectivity index (χ4n) is 2.15. The molecule has 3 heteroatoms. The third kappa shape index (κ3) is 3.21. The van der Waals surface area contributed by atoms with Crippen LogP contribution in [-0.2, 0) is 0 Å². The summed E-state index contributed by atoms with van der Waals surface area (Å²) in [5, 5.41) is 12.2. The highest BCUT2D eigenvalue weighted by molar-refractivity contribution is 5.36. The Morgan fingerprint density at radius 3 is 3.12 bits per heavy atom. The molecule has 1 N–H and O–H groups in total. The van der Waals surface area contributed by atoms with Crippen LogP contribution in [0.4, 0.5) is 0 Å². The molecule has 1 aliphatic heterocycles. The summed E-state index contributed by atoms with van der Waals surface area (Å²) in [5.74, 6) is 0.788. The predicted molar refractivity (Wildman–Crippen MR) is 66.9 cm³/mol. The van der Waals surface area contributed by atoms with Crippen molar-refractivity contribution in [2.45, 2.75) is 19.8 Å². The van der Waals surface area contributed by atoms with Gasteiger partial charge in [-0.2, -0.15) is 5.26 Å². The average Bonchev–Trinajstić information content (AvgIpc) is 2.38. The van der Waals surface area contributed by atoms with E-state index in [1.807, 2.05) is 12.1 Å². The van der Waals surface area contributed by atoms with Crippen molar-refractivity contribution in [1.82, 2.24) is 5.32 Å². The Morgan fingerprint density at radius 1 is 1.53 bits per heavy atom. The van der Waals surface area contributed by atoms with Gasteiger partial charge in [-0.15, -0.1) is 0 Å². The van der Waals surface area contributed by atoms with E-state index in [4.69, 9.17) is 10.00 Å². The van der Waals surface area contributed by atoms with Crippen LogP contribution in [0.1, 0.15) is 25.3 Å². The molecule has 1 heterocycles. The number of rotatable bonds is 3. The molecule has 1 atom stereocenters. The summed E-state index contributed by atoms with van der Waals surface area (Å²) in [4.78, 5) is 0. The van der Waals surface area contributed by atoms with Crippen molar-refractivity contribution < 1.29 is 4.74 Å². The van der Waals surface area contributed by atoms with E-state index < -0.39 is 0 Å².